The van der Waals surface area contributed by atoms with Crippen LogP contribution in [-0.4, -0.2) is 15.1 Å². The summed E-state index contributed by atoms with van der Waals surface area (Å²) in [5.74, 6) is 1.33. The number of para-hydroxylation sites is 1. The predicted octanol–water partition coefficient (Wildman–Crippen LogP) is 3.18. The number of aromatic nitrogens is 3. The van der Waals surface area contributed by atoms with Crippen LogP contribution in [0.5, 0.6) is 0 Å². The Kier molecular flexibility index (Phi) is 3.06. The number of H-pyrrole nitrogens is 1. The molecule has 5 heteroatoms. The van der Waals surface area contributed by atoms with Gasteiger partial charge in [0.2, 0.25) is 11.7 Å². The number of benzene rings is 1. The Balaban J connectivity index is 2.10. The summed E-state index contributed by atoms with van der Waals surface area (Å²) in [6.07, 6.45) is 0. The average molecular weight is 270 g/mol. The predicted molar refractivity (Wildman–Crippen MR) is 78.1 cm³/mol. The van der Waals surface area contributed by atoms with Gasteiger partial charge in [0.1, 0.15) is 0 Å². The molecule has 3 aromatic rings. The van der Waals surface area contributed by atoms with E-state index in [-0.39, 0.29) is 12.0 Å². The van der Waals surface area contributed by atoms with Gasteiger partial charge in [0.05, 0.1) is 11.6 Å². The summed E-state index contributed by atoms with van der Waals surface area (Å²) < 4.78 is 5.32. The number of aryl methyl sites for hydroxylation is 1. The Morgan fingerprint density at radius 1 is 1.25 bits per heavy atom. The van der Waals surface area contributed by atoms with Crippen molar-refractivity contribution in [2.75, 3.05) is 0 Å². The SMILES string of the molecule is Cc1[nH]c2ccccc2c1-c1noc(C(N)C(C)C)n1. The summed E-state index contributed by atoms with van der Waals surface area (Å²) in [6, 6.07) is 7.85. The van der Waals surface area contributed by atoms with E-state index in [1.54, 1.807) is 0 Å². The van der Waals surface area contributed by atoms with Gasteiger partial charge in [-0.15, -0.1) is 0 Å². The van der Waals surface area contributed by atoms with E-state index in [0.717, 1.165) is 22.2 Å². The van der Waals surface area contributed by atoms with Crippen molar-refractivity contribution in [3.63, 3.8) is 0 Å². The molecule has 1 unspecified atom stereocenters. The molecule has 0 aliphatic carbocycles. The van der Waals surface area contributed by atoms with Crippen molar-refractivity contribution in [1.82, 2.24) is 15.1 Å². The molecule has 5 nitrogen and oxygen atoms in total. The van der Waals surface area contributed by atoms with Crippen molar-refractivity contribution < 1.29 is 4.52 Å². The van der Waals surface area contributed by atoms with Crippen molar-refractivity contribution in [2.45, 2.75) is 26.8 Å². The molecule has 1 atom stereocenters. The summed E-state index contributed by atoms with van der Waals surface area (Å²) in [6.45, 7) is 6.07. The highest BCUT2D eigenvalue weighted by Gasteiger charge is 2.21. The molecule has 0 bridgehead atoms. The van der Waals surface area contributed by atoms with Crippen LogP contribution in [0, 0.1) is 12.8 Å². The van der Waals surface area contributed by atoms with Gasteiger partial charge in [0.15, 0.2) is 0 Å². The molecule has 104 valence electrons. The van der Waals surface area contributed by atoms with E-state index in [2.05, 4.69) is 15.1 Å². The fraction of sp³-hybridized carbons (Fsp3) is 0.333. The van der Waals surface area contributed by atoms with E-state index in [0.29, 0.717) is 11.7 Å². The van der Waals surface area contributed by atoms with Crippen LogP contribution in [0.15, 0.2) is 28.8 Å². The van der Waals surface area contributed by atoms with Crippen LogP contribution >= 0.6 is 0 Å². The Labute approximate surface area is 117 Å². The average Bonchev–Trinajstić information content (AvgIpc) is 3.00. The standard InChI is InChI=1S/C15H18N4O/c1-8(2)13(16)15-18-14(19-20-15)12-9(3)17-11-7-5-4-6-10(11)12/h4-8,13,17H,16H2,1-3H3. The van der Waals surface area contributed by atoms with E-state index >= 15 is 0 Å². The fourth-order valence-corrected chi connectivity index (χ4v) is 2.32. The topological polar surface area (TPSA) is 80.7 Å². The molecular weight excluding hydrogens is 252 g/mol. The first-order valence-electron chi connectivity index (χ1n) is 6.74. The first kappa shape index (κ1) is 12.9. The molecule has 0 saturated carbocycles. The molecule has 1 aromatic carbocycles. The fourth-order valence-electron chi connectivity index (χ4n) is 2.32. The smallest absolute Gasteiger partial charge is 0.244 e. The monoisotopic (exact) mass is 270 g/mol. The number of fused-ring (bicyclic) bond motifs is 1. The molecule has 0 aliphatic heterocycles. The lowest BCUT2D eigenvalue weighted by molar-refractivity contribution is 0.325. The van der Waals surface area contributed by atoms with Gasteiger partial charge in [-0.2, -0.15) is 4.98 Å². The third-order valence-electron chi connectivity index (χ3n) is 3.56. The highest BCUT2D eigenvalue weighted by molar-refractivity contribution is 5.95. The zero-order valence-corrected chi connectivity index (χ0v) is 11.8. The highest BCUT2D eigenvalue weighted by atomic mass is 16.5. The van der Waals surface area contributed by atoms with Crippen LogP contribution in [0.4, 0.5) is 0 Å². The van der Waals surface area contributed by atoms with E-state index in [9.17, 15) is 0 Å². The molecule has 0 aliphatic rings. The molecule has 20 heavy (non-hydrogen) atoms. The second kappa shape index (κ2) is 4.76. The molecule has 0 radical (unpaired) electrons. The van der Waals surface area contributed by atoms with Gasteiger partial charge in [0, 0.05) is 16.6 Å². The molecule has 0 fully saturated rings. The second-order valence-corrected chi connectivity index (χ2v) is 5.40. The number of nitrogens with zero attached hydrogens (tertiary/aromatic N) is 2. The molecular formula is C15H18N4O. The normalized spacial score (nSPS) is 13.2. The van der Waals surface area contributed by atoms with Crippen LogP contribution < -0.4 is 5.73 Å². The van der Waals surface area contributed by atoms with Crippen molar-refractivity contribution in [3.05, 3.63) is 35.9 Å². The highest BCUT2D eigenvalue weighted by Crippen LogP contribution is 2.31. The minimum absolute atomic E-state index is 0.234. The minimum Gasteiger partial charge on any atom is -0.358 e. The van der Waals surface area contributed by atoms with Crippen LogP contribution in [-0.2, 0) is 0 Å². The van der Waals surface area contributed by atoms with Crippen LogP contribution in [0.1, 0.15) is 31.5 Å². The number of nitrogens with one attached hydrogen (secondary N) is 1. The van der Waals surface area contributed by atoms with Gasteiger partial charge in [-0.3, -0.25) is 0 Å². The van der Waals surface area contributed by atoms with E-state index in [1.165, 1.54) is 0 Å². The Morgan fingerprint density at radius 2 is 2.00 bits per heavy atom. The third-order valence-corrected chi connectivity index (χ3v) is 3.56. The summed E-state index contributed by atoms with van der Waals surface area (Å²) in [7, 11) is 0. The van der Waals surface area contributed by atoms with Crippen LogP contribution in [0.2, 0.25) is 0 Å². The van der Waals surface area contributed by atoms with Crippen molar-refractivity contribution in [1.29, 1.82) is 0 Å². The Morgan fingerprint density at radius 3 is 2.75 bits per heavy atom. The van der Waals surface area contributed by atoms with E-state index in [4.69, 9.17) is 10.3 Å². The third kappa shape index (κ3) is 2.00. The van der Waals surface area contributed by atoms with Gasteiger partial charge in [-0.1, -0.05) is 37.2 Å². The molecule has 0 spiro atoms. The first-order chi connectivity index (χ1) is 9.58. The van der Waals surface area contributed by atoms with Crippen molar-refractivity contribution in [2.24, 2.45) is 11.7 Å². The summed E-state index contributed by atoms with van der Waals surface area (Å²) in [5.41, 5.74) is 9.12. The quantitative estimate of drug-likeness (QED) is 0.766. The molecule has 2 heterocycles. The maximum absolute atomic E-state index is 6.05. The van der Waals surface area contributed by atoms with Gasteiger partial charge in [-0.05, 0) is 18.9 Å². The Bertz CT molecular complexity index is 741. The minimum atomic E-state index is -0.234. The zero-order chi connectivity index (χ0) is 14.3. The van der Waals surface area contributed by atoms with E-state index in [1.807, 2.05) is 45.0 Å². The Hall–Kier alpha value is -2.14. The molecule has 0 amide bonds. The number of nitrogens with two attached hydrogens (primary N) is 1. The molecule has 3 rings (SSSR count). The maximum atomic E-state index is 6.05. The lowest BCUT2D eigenvalue weighted by Gasteiger charge is -2.09. The molecule has 3 N–H and O–H groups in total. The first-order valence-corrected chi connectivity index (χ1v) is 6.74. The van der Waals surface area contributed by atoms with Gasteiger partial charge in [-0.25, -0.2) is 0 Å². The van der Waals surface area contributed by atoms with Crippen molar-refractivity contribution >= 4 is 10.9 Å². The molecule has 0 saturated heterocycles. The number of hydrogen-bond acceptors (Lipinski definition) is 4. The van der Waals surface area contributed by atoms with Gasteiger partial charge >= 0.3 is 0 Å². The van der Waals surface area contributed by atoms with Gasteiger partial charge < -0.3 is 15.2 Å². The van der Waals surface area contributed by atoms with Crippen molar-refractivity contribution in [3.8, 4) is 11.4 Å². The van der Waals surface area contributed by atoms with Crippen LogP contribution in [0.3, 0.4) is 0 Å². The zero-order valence-electron chi connectivity index (χ0n) is 11.8. The van der Waals surface area contributed by atoms with Crippen LogP contribution in [0.25, 0.3) is 22.3 Å². The van der Waals surface area contributed by atoms with E-state index < -0.39 is 0 Å². The lowest BCUT2D eigenvalue weighted by atomic mass is 10.1. The lowest BCUT2D eigenvalue weighted by Crippen LogP contribution is -2.16. The number of aromatic amines is 1. The molecule has 2 aromatic heterocycles. The summed E-state index contributed by atoms with van der Waals surface area (Å²) >= 11 is 0. The maximum Gasteiger partial charge on any atom is 0.244 e. The van der Waals surface area contributed by atoms with Gasteiger partial charge in [0.25, 0.3) is 0 Å². The largest absolute Gasteiger partial charge is 0.358 e. The second-order valence-electron chi connectivity index (χ2n) is 5.40. The number of rotatable bonds is 3. The number of hydrogen-bond donors (Lipinski definition) is 2. The summed E-state index contributed by atoms with van der Waals surface area (Å²) in [5, 5.41) is 5.18. The summed E-state index contributed by atoms with van der Waals surface area (Å²) in [4.78, 5) is 7.80.